The molecule has 0 unspecified atom stereocenters. The van der Waals surface area contributed by atoms with Crippen molar-refractivity contribution in [1.82, 2.24) is 9.97 Å². The van der Waals surface area contributed by atoms with Gasteiger partial charge in [0.25, 0.3) is 0 Å². The number of aromatic amines is 1. The minimum absolute atomic E-state index is 0.0572. The molecule has 5 aromatic rings. The van der Waals surface area contributed by atoms with Crippen LogP contribution in [0.4, 0.5) is 0 Å². The monoisotopic (exact) mass is 378 g/mol. The second-order valence-electron chi connectivity index (χ2n) is 6.88. The highest BCUT2D eigenvalue weighted by Crippen LogP contribution is 2.32. The number of fused-ring (bicyclic) bond motifs is 3. The number of rotatable bonds is 4. The molecule has 2 aromatic heterocycles. The van der Waals surface area contributed by atoms with Crippen molar-refractivity contribution in [2.75, 3.05) is 7.11 Å². The Morgan fingerprint density at radius 2 is 1.69 bits per heavy atom. The summed E-state index contributed by atoms with van der Waals surface area (Å²) < 4.78 is 5.31. The molecule has 3 aromatic carbocycles. The van der Waals surface area contributed by atoms with E-state index in [1.54, 1.807) is 13.2 Å². The minimum atomic E-state index is -0.0572. The first-order chi connectivity index (χ1) is 14.2. The molecule has 4 heteroatoms. The molecule has 0 amide bonds. The van der Waals surface area contributed by atoms with Crippen LogP contribution in [0.25, 0.3) is 33.2 Å². The quantitative estimate of drug-likeness (QED) is 0.413. The number of ether oxygens (including phenoxy) is 1. The number of para-hydroxylation sites is 1. The summed E-state index contributed by atoms with van der Waals surface area (Å²) in [5.74, 6) is 0.599. The van der Waals surface area contributed by atoms with Gasteiger partial charge < -0.3 is 9.72 Å². The summed E-state index contributed by atoms with van der Waals surface area (Å²) in [5, 5.41) is 1.83. The highest BCUT2D eigenvalue weighted by Gasteiger charge is 2.19. The van der Waals surface area contributed by atoms with E-state index in [2.05, 4.69) is 4.98 Å². The summed E-state index contributed by atoms with van der Waals surface area (Å²) in [4.78, 5) is 21.7. The van der Waals surface area contributed by atoms with Crippen molar-refractivity contribution in [2.45, 2.75) is 0 Å². The zero-order valence-electron chi connectivity index (χ0n) is 15.8. The maximum atomic E-state index is 13.6. The Balaban J connectivity index is 1.80. The van der Waals surface area contributed by atoms with E-state index in [9.17, 15) is 4.79 Å². The van der Waals surface area contributed by atoms with Crippen LogP contribution in [0, 0.1) is 0 Å². The predicted molar refractivity (Wildman–Crippen MR) is 115 cm³/mol. The van der Waals surface area contributed by atoms with Crippen LogP contribution in [0.1, 0.15) is 15.9 Å². The molecule has 140 valence electrons. The van der Waals surface area contributed by atoms with Gasteiger partial charge in [0.2, 0.25) is 0 Å². The topological polar surface area (TPSA) is 55.0 Å². The second-order valence-corrected chi connectivity index (χ2v) is 6.88. The molecular formula is C25H18N2O2. The molecule has 0 aliphatic carbocycles. The van der Waals surface area contributed by atoms with Crippen LogP contribution in [0.2, 0.25) is 0 Å². The number of benzene rings is 3. The zero-order chi connectivity index (χ0) is 19.8. The second kappa shape index (κ2) is 6.91. The fourth-order valence-electron chi connectivity index (χ4n) is 3.70. The standard InChI is InChI=1S/C25H18N2O2/c1-29-18-11-7-10-17(14-18)24(28)20-15-22(16-8-3-2-4-9-16)27-25-23(20)19-12-5-6-13-21(19)26-25/h2-15H,1H3,(H,26,27). The number of methoxy groups -OCH3 is 1. The van der Waals surface area contributed by atoms with Crippen LogP contribution in [0.15, 0.2) is 84.9 Å². The van der Waals surface area contributed by atoms with Crippen molar-refractivity contribution < 1.29 is 9.53 Å². The normalized spacial score (nSPS) is 11.1. The maximum Gasteiger partial charge on any atom is 0.194 e. The maximum absolute atomic E-state index is 13.6. The van der Waals surface area contributed by atoms with Gasteiger partial charge in [-0.25, -0.2) is 4.98 Å². The van der Waals surface area contributed by atoms with E-state index in [0.29, 0.717) is 22.5 Å². The molecular weight excluding hydrogens is 360 g/mol. The molecule has 2 heterocycles. The summed E-state index contributed by atoms with van der Waals surface area (Å²) in [6.07, 6.45) is 0. The molecule has 0 spiro atoms. The number of hydrogen-bond acceptors (Lipinski definition) is 3. The molecule has 29 heavy (non-hydrogen) atoms. The first kappa shape index (κ1) is 17.2. The molecule has 0 aliphatic rings. The van der Waals surface area contributed by atoms with E-state index >= 15 is 0 Å². The van der Waals surface area contributed by atoms with Crippen molar-refractivity contribution >= 4 is 27.7 Å². The van der Waals surface area contributed by atoms with Gasteiger partial charge in [-0.3, -0.25) is 4.79 Å². The molecule has 4 nitrogen and oxygen atoms in total. The summed E-state index contributed by atoms with van der Waals surface area (Å²) in [6, 6.07) is 27.0. The first-order valence-electron chi connectivity index (χ1n) is 9.40. The van der Waals surface area contributed by atoms with Gasteiger partial charge in [0.15, 0.2) is 5.78 Å². The number of ketones is 1. The summed E-state index contributed by atoms with van der Waals surface area (Å²) >= 11 is 0. The highest BCUT2D eigenvalue weighted by atomic mass is 16.5. The minimum Gasteiger partial charge on any atom is -0.497 e. The summed E-state index contributed by atoms with van der Waals surface area (Å²) in [5.41, 5.74) is 4.60. The van der Waals surface area contributed by atoms with E-state index < -0.39 is 0 Å². The van der Waals surface area contributed by atoms with Gasteiger partial charge in [-0.1, -0.05) is 60.7 Å². The number of pyridine rings is 1. The van der Waals surface area contributed by atoms with Crippen molar-refractivity contribution in [3.63, 3.8) is 0 Å². The van der Waals surface area contributed by atoms with Crippen LogP contribution >= 0.6 is 0 Å². The van der Waals surface area contributed by atoms with E-state index in [4.69, 9.17) is 9.72 Å². The van der Waals surface area contributed by atoms with Crippen LogP contribution in [-0.4, -0.2) is 22.9 Å². The Hall–Kier alpha value is -3.92. The SMILES string of the molecule is COc1cccc(C(=O)c2cc(-c3ccccc3)nc3[nH]c4ccccc4c23)c1. The third-order valence-corrected chi connectivity index (χ3v) is 5.12. The van der Waals surface area contributed by atoms with Crippen LogP contribution in [0.5, 0.6) is 5.75 Å². The summed E-state index contributed by atoms with van der Waals surface area (Å²) in [6.45, 7) is 0. The van der Waals surface area contributed by atoms with E-state index in [1.165, 1.54) is 0 Å². The Labute approximate surface area is 167 Å². The fourth-order valence-corrected chi connectivity index (χ4v) is 3.70. The Morgan fingerprint density at radius 3 is 2.52 bits per heavy atom. The Kier molecular flexibility index (Phi) is 4.10. The highest BCUT2D eigenvalue weighted by molar-refractivity contribution is 6.22. The van der Waals surface area contributed by atoms with E-state index in [-0.39, 0.29) is 5.78 Å². The average Bonchev–Trinajstić information content (AvgIpc) is 3.17. The third kappa shape index (κ3) is 2.95. The molecule has 0 bridgehead atoms. The average molecular weight is 378 g/mol. The number of hydrogen-bond donors (Lipinski definition) is 1. The molecule has 0 saturated carbocycles. The molecule has 5 rings (SSSR count). The number of carbonyl (C=O) groups is 1. The third-order valence-electron chi connectivity index (χ3n) is 5.12. The Bertz CT molecular complexity index is 1350. The summed E-state index contributed by atoms with van der Waals surface area (Å²) in [7, 11) is 1.60. The van der Waals surface area contributed by atoms with Crippen LogP contribution in [0.3, 0.4) is 0 Å². The zero-order valence-corrected chi connectivity index (χ0v) is 15.8. The number of aromatic nitrogens is 2. The van der Waals surface area contributed by atoms with Gasteiger partial charge in [-0.05, 0) is 24.3 Å². The van der Waals surface area contributed by atoms with Crippen molar-refractivity contribution in [3.8, 4) is 17.0 Å². The van der Waals surface area contributed by atoms with Gasteiger partial charge in [0, 0.05) is 33.0 Å². The molecule has 0 atom stereocenters. The van der Waals surface area contributed by atoms with Gasteiger partial charge in [-0.2, -0.15) is 0 Å². The predicted octanol–water partition coefficient (Wildman–Crippen LogP) is 5.62. The largest absolute Gasteiger partial charge is 0.497 e. The number of H-pyrrole nitrogens is 1. The van der Waals surface area contributed by atoms with Crippen LogP contribution in [-0.2, 0) is 0 Å². The van der Waals surface area contributed by atoms with E-state index in [0.717, 1.165) is 27.5 Å². The fraction of sp³-hybridized carbons (Fsp3) is 0.0400. The molecule has 0 aliphatic heterocycles. The lowest BCUT2D eigenvalue weighted by molar-refractivity contribution is 0.104. The van der Waals surface area contributed by atoms with Crippen molar-refractivity contribution in [3.05, 3.63) is 96.1 Å². The van der Waals surface area contributed by atoms with Crippen molar-refractivity contribution in [2.24, 2.45) is 0 Å². The molecule has 0 radical (unpaired) electrons. The molecule has 1 N–H and O–H groups in total. The Morgan fingerprint density at radius 1 is 0.897 bits per heavy atom. The number of nitrogens with one attached hydrogen (secondary N) is 1. The van der Waals surface area contributed by atoms with Crippen molar-refractivity contribution in [1.29, 1.82) is 0 Å². The van der Waals surface area contributed by atoms with Gasteiger partial charge in [0.1, 0.15) is 11.4 Å². The van der Waals surface area contributed by atoms with E-state index in [1.807, 2.05) is 78.9 Å². The van der Waals surface area contributed by atoms with Crippen LogP contribution < -0.4 is 4.74 Å². The van der Waals surface area contributed by atoms with Gasteiger partial charge >= 0.3 is 0 Å². The van der Waals surface area contributed by atoms with Gasteiger partial charge in [0.05, 0.1) is 12.8 Å². The van der Waals surface area contributed by atoms with Gasteiger partial charge in [-0.15, -0.1) is 0 Å². The molecule has 0 fully saturated rings. The smallest absolute Gasteiger partial charge is 0.194 e. The number of nitrogens with zero attached hydrogens (tertiary/aromatic N) is 1. The first-order valence-corrected chi connectivity index (χ1v) is 9.40. The molecule has 0 saturated heterocycles. The lowest BCUT2D eigenvalue weighted by Gasteiger charge is -2.09. The lowest BCUT2D eigenvalue weighted by atomic mass is 9.97. The lowest BCUT2D eigenvalue weighted by Crippen LogP contribution is -2.04. The number of carbonyl (C=O) groups excluding carboxylic acids is 1.